The lowest BCUT2D eigenvalue weighted by Gasteiger charge is -2.38. The Bertz CT molecular complexity index is 291. The molecule has 0 amide bonds. The van der Waals surface area contributed by atoms with Crippen LogP contribution >= 0.6 is 11.8 Å². The van der Waals surface area contributed by atoms with Crippen LogP contribution in [0.25, 0.3) is 0 Å². The number of hydrogen-bond donors (Lipinski definition) is 0. The summed E-state index contributed by atoms with van der Waals surface area (Å²) in [7, 11) is 0. The molecule has 0 aromatic carbocycles. The Morgan fingerprint density at radius 1 is 1.12 bits per heavy atom. The Morgan fingerprint density at radius 3 is 2.41 bits per heavy atom. The summed E-state index contributed by atoms with van der Waals surface area (Å²) in [5.74, 6) is 1.77. The van der Waals surface area contributed by atoms with Crippen molar-refractivity contribution in [2.45, 2.75) is 75.2 Å². The van der Waals surface area contributed by atoms with Crippen molar-refractivity contribution >= 4 is 17.5 Å². The van der Waals surface area contributed by atoms with Gasteiger partial charge in [-0.25, -0.2) is 0 Å². The number of fused-ring (bicyclic) bond motifs is 2. The summed E-state index contributed by atoms with van der Waals surface area (Å²) in [5, 5.41) is 0.891. The predicted octanol–water partition coefficient (Wildman–Crippen LogP) is 2.86. The molecule has 4 atom stereocenters. The molecule has 2 aliphatic heterocycles. The molecule has 2 saturated heterocycles. The van der Waals surface area contributed by atoms with Gasteiger partial charge in [0.2, 0.25) is 0 Å². The van der Waals surface area contributed by atoms with Crippen molar-refractivity contribution in [3.05, 3.63) is 0 Å². The summed E-state index contributed by atoms with van der Waals surface area (Å²) in [6.45, 7) is 2.27. The maximum Gasteiger partial charge on any atom is 0.136 e. The number of ketones is 1. The Morgan fingerprint density at radius 2 is 1.76 bits per heavy atom. The van der Waals surface area contributed by atoms with Gasteiger partial charge in [-0.15, -0.1) is 0 Å². The van der Waals surface area contributed by atoms with Crippen LogP contribution in [0.5, 0.6) is 0 Å². The Hall–Kier alpha value is -0.0200. The molecule has 17 heavy (non-hydrogen) atoms. The highest BCUT2D eigenvalue weighted by molar-refractivity contribution is 7.99. The van der Waals surface area contributed by atoms with Gasteiger partial charge in [0.1, 0.15) is 5.78 Å². The van der Waals surface area contributed by atoms with E-state index in [1.54, 1.807) is 0 Å². The molecule has 96 valence electrons. The van der Waals surface area contributed by atoms with Crippen LogP contribution in [0.4, 0.5) is 0 Å². The fraction of sp³-hybridized carbons (Fsp3) is 0.929. The quantitative estimate of drug-likeness (QED) is 0.771. The first-order valence-electron chi connectivity index (χ1n) is 7.18. The summed E-state index contributed by atoms with van der Waals surface area (Å²) in [4.78, 5) is 14.4. The SMILES string of the molecule is CCSC1CCC(N2C3CCC2CC(=O)C3)C1. The Balaban J connectivity index is 1.64. The van der Waals surface area contributed by atoms with Gasteiger partial charge < -0.3 is 0 Å². The highest BCUT2D eigenvalue weighted by atomic mass is 32.2. The standard InChI is InChI=1S/C14H23NOS/c1-2-17-14-6-5-12(9-14)15-10-3-4-11(15)8-13(16)7-10/h10-12,14H,2-9H2,1H3. The summed E-state index contributed by atoms with van der Waals surface area (Å²) in [6, 6.07) is 2.01. The molecule has 0 radical (unpaired) electrons. The molecule has 0 N–H and O–H groups in total. The van der Waals surface area contributed by atoms with E-state index in [0.717, 1.165) is 24.1 Å². The zero-order chi connectivity index (χ0) is 11.8. The molecule has 2 heterocycles. The Kier molecular flexibility index (Phi) is 3.49. The van der Waals surface area contributed by atoms with Crippen LogP contribution in [-0.2, 0) is 4.79 Å². The summed E-state index contributed by atoms with van der Waals surface area (Å²) >= 11 is 2.14. The van der Waals surface area contributed by atoms with E-state index in [0.29, 0.717) is 17.9 Å². The van der Waals surface area contributed by atoms with Crippen LogP contribution in [0.2, 0.25) is 0 Å². The van der Waals surface area contributed by atoms with Gasteiger partial charge in [-0.2, -0.15) is 11.8 Å². The highest BCUT2D eigenvalue weighted by Gasteiger charge is 2.45. The molecule has 2 nitrogen and oxygen atoms in total. The molecule has 3 rings (SSSR count). The monoisotopic (exact) mass is 253 g/mol. The number of rotatable bonds is 3. The van der Waals surface area contributed by atoms with Crippen molar-refractivity contribution in [1.82, 2.24) is 4.90 Å². The van der Waals surface area contributed by atoms with E-state index < -0.39 is 0 Å². The molecule has 0 aromatic rings. The van der Waals surface area contributed by atoms with Gasteiger partial charge in [0, 0.05) is 36.2 Å². The molecule has 2 bridgehead atoms. The molecule has 3 aliphatic rings. The third-order valence-corrected chi connectivity index (χ3v) is 6.02. The second kappa shape index (κ2) is 4.93. The lowest BCUT2D eigenvalue weighted by atomic mass is 9.98. The topological polar surface area (TPSA) is 20.3 Å². The summed E-state index contributed by atoms with van der Waals surface area (Å²) in [6.07, 6.45) is 8.39. The normalized spacial score (nSPS) is 42.3. The first-order chi connectivity index (χ1) is 8.28. The molecule has 1 saturated carbocycles. The molecule has 0 spiro atoms. The van der Waals surface area contributed by atoms with Crippen LogP contribution in [0.15, 0.2) is 0 Å². The third-order valence-electron chi connectivity index (χ3n) is 4.78. The summed E-state index contributed by atoms with van der Waals surface area (Å²) in [5.41, 5.74) is 0. The largest absolute Gasteiger partial charge is 0.300 e. The van der Waals surface area contributed by atoms with Crippen LogP contribution < -0.4 is 0 Å². The van der Waals surface area contributed by atoms with E-state index in [9.17, 15) is 4.79 Å². The van der Waals surface area contributed by atoms with Gasteiger partial charge in [0.05, 0.1) is 0 Å². The lowest BCUT2D eigenvalue weighted by molar-refractivity contribution is -0.124. The zero-order valence-corrected chi connectivity index (χ0v) is 11.5. The summed E-state index contributed by atoms with van der Waals surface area (Å²) < 4.78 is 0. The fourth-order valence-corrected chi connectivity index (χ4v) is 5.31. The lowest BCUT2D eigenvalue weighted by Crippen LogP contribution is -2.48. The molecular formula is C14H23NOS. The van der Waals surface area contributed by atoms with Crippen LogP contribution in [0, 0.1) is 0 Å². The van der Waals surface area contributed by atoms with Gasteiger partial charge in [-0.05, 0) is 37.9 Å². The number of Topliss-reactive ketones (excluding diaryl/α,β-unsaturated/α-hetero) is 1. The smallest absolute Gasteiger partial charge is 0.136 e. The van der Waals surface area contributed by atoms with E-state index in [4.69, 9.17) is 0 Å². The van der Waals surface area contributed by atoms with E-state index in [1.807, 2.05) is 0 Å². The van der Waals surface area contributed by atoms with Crippen LogP contribution in [0.1, 0.15) is 51.9 Å². The van der Waals surface area contributed by atoms with Crippen LogP contribution in [-0.4, -0.2) is 39.8 Å². The second-order valence-corrected chi connectivity index (χ2v) is 7.40. The van der Waals surface area contributed by atoms with Crippen molar-refractivity contribution in [2.75, 3.05) is 5.75 Å². The predicted molar refractivity (Wildman–Crippen MR) is 72.4 cm³/mol. The third kappa shape index (κ3) is 2.28. The maximum atomic E-state index is 11.6. The van der Waals surface area contributed by atoms with Crippen molar-refractivity contribution < 1.29 is 4.79 Å². The molecule has 4 unspecified atom stereocenters. The molecular weight excluding hydrogens is 230 g/mol. The number of carbonyl (C=O) groups is 1. The van der Waals surface area contributed by atoms with Crippen molar-refractivity contribution in [3.8, 4) is 0 Å². The highest BCUT2D eigenvalue weighted by Crippen LogP contribution is 2.41. The fourth-order valence-electron chi connectivity index (χ4n) is 4.18. The number of thioether (sulfide) groups is 1. The second-order valence-electron chi connectivity index (χ2n) is 5.82. The zero-order valence-electron chi connectivity index (χ0n) is 10.7. The number of hydrogen-bond acceptors (Lipinski definition) is 3. The van der Waals surface area contributed by atoms with E-state index in [1.165, 1.54) is 37.9 Å². The van der Waals surface area contributed by atoms with Gasteiger partial charge >= 0.3 is 0 Å². The first-order valence-corrected chi connectivity index (χ1v) is 8.23. The van der Waals surface area contributed by atoms with E-state index in [2.05, 4.69) is 23.6 Å². The van der Waals surface area contributed by atoms with Crippen molar-refractivity contribution in [1.29, 1.82) is 0 Å². The van der Waals surface area contributed by atoms with Gasteiger partial charge in [-0.1, -0.05) is 6.92 Å². The van der Waals surface area contributed by atoms with Crippen molar-refractivity contribution in [2.24, 2.45) is 0 Å². The van der Waals surface area contributed by atoms with Crippen LogP contribution in [0.3, 0.4) is 0 Å². The molecule has 3 fully saturated rings. The molecule has 1 aliphatic carbocycles. The van der Waals surface area contributed by atoms with Crippen molar-refractivity contribution in [3.63, 3.8) is 0 Å². The maximum absolute atomic E-state index is 11.6. The van der Waals surface area contributed by atoms with Gasteiger partial charge in [-0.3, -0.25) is 9.69 Å². The average molecular weight is 253 g/mol. The van der Waals surface area contributed by atoms with E-state index >= 15 is 0 Å². The molecule has 0 aromatic heterocycles. The van der Waals surface area contributed by atoms with Gasteiger partial charge in [0.25, 0.3) is 0 Å². The number of carbonyl (C=O) groups excluding carboxylic acids is 1. The average Bonchev–Trinajstić information content (AvgIpc) is 2.83. The Labute approximate surface area is 109 Å². The van der Waals surface area contributed by atoms with Gasteiger partial charge in [0.15, 0.2) is 0 Å². The number of piperidine rings is 1. The first kappa shape index (κ1) is 12.0. The number of nitrogens with zero attached hydrogens (tertiary/aromatic N) is 1. The minimum atomic E-state index is 0.520. The molecule has 3 heteroatoms. The minimum absolute atomic E-state index is 0.520. The minimum Gasteiger partial charge on any atom is -0.300 e. The van der Waals surface area contributed by atoms with E-state index in [-0.39, 0.29) is 0 Å².